The highest BCUT2D eigenvalue weighted by Crippen LogP contribution is 2.12. The van der Waals surface area contributed by atoms with Gasteiger partial charge in [-0.25, -0.2) is 0 Å². The first-order chi connectivity index (χ1) is 9.72. The van der Waals surface area contributed by atoms with Gasteiger partial charge in [-0.3, -0.25) is 4.79 Å². The van der Waals surface area contributed by atoms with Crippen LogP contribution in [-0.4, -0.2) is 5.78 Å². The molecule has 0 unspecified atom stereocenters. The van der Waals surface area contributed by atoms with Crippen LogP contribution in [0.25, 0.3) is 10.8 Å². The highest BCUT2D eigenvalue weighted by molar-refractivity contribution is 6.30. The Kier molecular flexibility index (Phi) is 5.10. The molecule has 0 aliphatic heterocycles. The van der Waals surface area contributed by atoms with E-state index in [2.05, 4.69) is 6.07 Å². The van der Waals surface area contributed by atoms with Crippen molar-refractivity contribution in [2.75, 3.05) is 0 Å². The molecule has 2 nitrogen and oxygen atoms in total. The summed E-state index contributed by atoms with van der Waals surface area (Å²) < 4.78 is 1.89. The zero-order valence-electron chi connectivity index (χ0n) is 11.2. The molecule has 0 saturated carbocycles. The van der Waals surface area contributed by atoms with Crippen LogP contribution >= 0.6 is 11.6 Å². The maximum Gasteiger partial charge on any atom is 0.227 e. The third kappa shape index (κ3) is 3.69. The summed E-state index contributed by atoms with van der Waals surface area (Å²) in [4.78, 5) is 12.2. The second-order valence-electron chi connectivity index (χ2n) is 4.68. The Morgan fingerprint density at radius 1 is 1.00 bits per heavy atom. The second-order valence-corrected chi connectivity index (χ2v) is 5.12. The summed E-state index contributed by atoms with van der Waals surface area (Å²) in [5.41, 5.74) is 0.637. The fraction of sp³-hybridized carbons (Fsp3) is 0.0588. The van der Waals surface area contributed by atoms with Gasteiger partial charge in [0.25, 0.3) is 0 Å². The Balaban J connectivity index is 0.00000161. The van der Waals surface area contributed by atoms with Crippen molar-refractivity contribution >= 4 is 28.2 Å². The summed E-state index contributed by atoms with van der Waals surface area (Å²) in [5, 5.41) is 2.87. The van der Waals surface area contributed by atoms with Crippen LogP contribution in [0.2, 0.25) is 5.02 Å². The molecule has 1 heterocycles. The molecule has 3 aromatic rings. The molecule has 0 aliphatic rings. The lowest BCUT2D eigenvalue weighted by atomic mass is 10.1. The average molecular weight is 363 g/mol. The maximum atomic E-state index is 12.2. The lowest BCUT2D eigenvalue weighted by molar-refractivity contribution is -0.681. The minimum atomic E-state index is 0. The zero-order valence-corrected chi connectivity index (χ0v) is 13.5. The average Bonchev–Trinajstić information content (AvgIpc) is 2.47. The number of hydrogen-bond acceptors (Lipinski definition) is 1. The number of fused-ring (bicyclic) bond motifs is 1. The van der Waals surface area contributed by atoms with E-state index < -0.39 is 0 Å². The van der Waals surface area contributed by atoms with E-state index in [-0.39, 0.29) is 22.8 Å². The van der Waals surface area contributed by atoms with Crippen molar-refractivity contribution in [1.29, 1.82) is 0 Å². The molecule has 0 saturated heterocycles. The third-order valence-corrected chi connectivity index (χ3v) is 3.45. The number of rotatable bonds is 3. The SMILES string of the molecule is O=C(C[n+]1ccc2ccccc2c1)c1cccc(Cl)c1.[Br-]. The number of ketones is 1. The number of hydrogen-bond donors (Lipinski definition) is 0. The Bertz CT molecular complexity index is 788. The van der Waals surface area contributed by atoms with Crippen molar-refractivity contribution in [3.8, 4) is 0 Å². The lowest BCUT2D eigenvalue weighted by Crippen LogP contribution is -3.00. The maximum absolute atomic E-state index is 12.2. The predicted molar refractivity (Wildman–Crippen MR) is 79.9 cm³/mol. The predicted octanol–water partition coefficient (Wildman–Crippen LogP) is 0.668. The number of carbonyl (C=O) groups excluding carboxylic acids is 1. The number of halogens is 2. The van der Waals surface area contributed by atoms with Gasteiger partial charge >= 0.3 is 0 Å². The third-order valence-electron chi connectivity index (χ3n) is 3.22. The van der Waals surface area contributed by atoms with Crippen LogP contribution in [0.5, 0.6) is 0 Å². The molecule has 0 spiro atoms. The largest absolute Gasteiger partial charge is 1.00 e. The van der Waals surface area contributed by atoms with Gasteiger partial charge in [0.05, 0.1) is 0 Å². The highest BCUT2D eigenvalue weighted by atomic mass is 79.9. The van der Waals surface area contributed by atoms with Crippen LogP contribution in [0.3, 0.4) is 0 Å². The lowest BCUT2D eigenvalue weighted by Gasteiger charge is -2.00. The van der Waals surface area contributed by atoms with E-state index in [4.69, 9.17) is 11.6 Å². The fourth-order valence-electron chi connectivity index (χ4n) is 2.20. The molecule has 0 amide bonds. The van der Waals surface area contributed by atoms with E-state index in [1.807, 2.05) is 41.2 Å². The Labute approximate surface area is 138 Å². The molecular formula is C17H13BrClNO. The van der Waals surface area contributed by atoms with Crippen LogP contribution in [0.15, 0.2) is 67.0 Å². The van der Waals surface area contributed by atoms with Gasteiger partial charge in [-0.15, -0.1) is 0 Å². The molecule has 0 aliphatic carbocycles. The highest BCUT2D eigenvalue weighted by Gasteiger charge is 2.12. The van der Waals surface area contributed by atoms with Gasteiger partial charge in [-0.2, -0.15) is 4.57 Å². The van der Waals surface area contributed by atoms with Gasteiger partial charge in [0.2, 0.25) is 12.3 Å². The minimum absolute atomic E-state index is 0. The van der Waals surface area contributed by atoms with Gasteiger partial charge in [0.15, 0.2) is 12.4 Å². The van der Waals surface area contributed by atoms with E-state index >= 15 is 0 Å². The topological polar surface area (TPSA) is 20.9 Å². The molecular weight excluding hydrogens is 350 g/mol. The molecule has 0 atom stereocenters. The number of Topliss-reactive ketones (excluding diaryl/α,β-unsaturated/α-hetero) is 1. The summed E-state index contributed by atoms with van der Waals surface area (Å²) in [5.74, 6) is 0.0489. The van der Waals surface area contributed by atoms with Crippen LogP contribution in [0.1, 0.15) is 10.4 Å². The first kappa shape index (κ1) is 15.7. The molecule has 0 bridgehead atoms. The molecule has 0 fully saturated rings. The molecule has 0 N–H and O–H groups in total. The van der Waals surface area contributed by atoms with Crippen molar-refractivity contribution in [2.45, 2.75) is 6.54 Å². The summed E-state index contributed by atoms with van der Waals surface area (Å²) in [6, 6.07) is 17.1. The van der Waals surface area contributed by atoms with E-state index in [1.165, 1.54) is 5.39 Å². The summed E-state index contributed by atoms with van der Waals surface area (Å²) in [6.45, 7) is 0.311. The van der Waals surface area contributed by atoms with E-state index in [9.17, 15) is 4.79 Å². The Morgan fingerprint density at radius 3 is 2.52 bits per heavy atom. The standard InChI is InChI=1S/C17H13ClNO.BrH/c18-16-7-3-6-14(10-16)17(20)12-19-9-8-13-4-1-2-5-15(13)11-19;/h1-11H,12H2;1H/q+1;/p-1. The van der Waals surface area contributed by atoms with Crippen LogP contribution < -0.4 is 21.5 Å². The molecule has 21 heavy (non-hydrogen) atoms. The number of pyridine rings is 1. The first-order valence-corrected chi connectivity index (χ1v) is 6.77. The Hall–Kier alpha value is -1.71. The monoisotopic (exact) mass is 361 g/mol. The van der Waals surface area contributed by atoms with Gasteiger partial charge in [0.1, 0.15) is 0 Å². The van der Waals surface area contributed by atoms with E-state index in [1.54, 1.807) is 24.3 Å². The molecule has 106 valence electrons. The van der Waals surface area contributed by atoms with Gasteiger partial charge < -0.3 is 17.0 Å². The summed E-state index contributed by atoms with van der Waals surface area (Å²) in [6.07, 6.45) is 3.91. The molecule has 3 rings (SSSR count). The second kappa shape index (κ2) is 6.83. The van der Waals surface area contributed by atoms with Crippen LogP contribution in [0, 0.1) is 0 Å². The molecule has 1 aromatic heterocycles. The van der Waals surface area contributed by atoms with Crippen molar-refractivity contribution in [1.82, 2.24) is 0 Å². The van der Waals surface area contributed by atoms with Crippen molar-refractivity contribution in [3.63, 3.8) is 0 Å². The van der Waals surface area contributed by atoms with Crippen LogP contribution in [-0.2, 0) is 6.54 Å². The minimum Gasteiger partial charge on any atom is -1.00 e. The Morgan fingerprint density at radius 2 is 1.76 bits per heavy atom. The molecule has 2 aromatic carbocycles. The van der Waals surface area contributed by atoms with Crippen LogP contribution in [0.4, 0.5) is 0 Å². The van der Waals surface area contributed by atoms with Crippen molar-refractivity contribution in [2.24, 2.45) is 0 Å². The summed E-state index contributed by atoms with van der Waals surface area (Å²) in [7, 11) is 0. The van der Waals surface area contributed by atoms with E-state index in [0.717, 1.165) is 5.39 Å². The molecule has 0 radical (unpaired) electrons. The fourth-order valence-corrected chi connectivity index (χ4v) is 2.39. The zero-order chi connectivity index (χ0) is 13.9. The number of aromatic nitrogens is 1. The summed E-state index contributed by atoms with van der Waals surface area (Å²) >= 11 is 5.91. The van der Waals surface area contributed by atoms with Gasteiger partial charge in [-0.05, 0) is 23.6 Å². The number of nitrogens with zero attached hydrogens (tertiary/aromatic N) is 1. The van der Waals surface area contributed by atoms with Gasteiger partial charge in [-0.1, -0.05) is 41.9 Å². The molecule has 4 heteroatoms. The number of carbonyl (C=O) groups is 1. The van der Waals surface area contributed by atoms with E-state index in [0.29, 0.717) is 17.1 Å². The van der Waals surface area contributed by atoms with Crippen molar-refractivity contribution in [3.05, 3.63) is 77.6 Å². The normalized spacial score (nSPS) is 10.1. The van der Waals surface area contributed by atoms with Gasteiger partial charge in [0, 0.05) is 22.0 Å². The first-order valence-electron chi connectivity index (χ1n) is 6.39. The number of benzene rings is 2. The smallest absolute Gasteiger partial charge is 0.227 e. The van der Waals surface area contributed by atoms with Crippen molar-refractivity contribution < 1.29 is 26.3 Å². The quantitative estimate of drug-likeness (QED) is 0.495.